The lowest BCUT2D eigenvalue weighted by Crippen LogP contribution is -2.26. The first-order chi connectivity index (χ1) is 10.4. The van der Waals surface area contributed by atoms with Gasteiger partial charge in [0.1, 0.15) is 4.90 Å². The molecule has 0 aliphatic rings. The minimum atomic E-state index is -3.82. The molecule has 22 heavy (non-hydrogen) atoms. The quantitative estimate of drug-likeness (QED) is 0.442. The van der Waals surface area contributed by atoms with Gasteiger partial charge in [-0.25, -0.2) is 17.9 Å². The van der Waals surface area contributed by atoms with Crippen LogP contribution in [0.4, 0.5) is 5.69 Å². The van der Waals surface area contributed by atoms with Gasteiger partial charge in [0.25, 0.3) is 0 Å². The van der Waals surface area contributed by atoms with Crippen molar-refractivity contribution in [3.8, 4) is 0 Å². The van der Waals surface area contributed by atoms with Gasteiger partial charge in [-0.2, -0.15) is 0 Å². The summed E-state index contributed by atoms with van der Waals surface area (Å²) in [5, 5.41) is 11.9. The summed E-state index contributed by atoms with van der Waals surface area (Å²) in [5.41, 5.74) is 0.227. The molecule has 1 aromatic rings. The van der Waals surface area contributed by atoms with E-state index in [4.69, 9.17) is 9.84 Å². The summed E-state index contributed by atoms with van der Waals surface area (Å²) in [6.07, 6.45) is 2.09. The van der Waals surface area contributed by atoms with Gasteiger partial charge in [0.05, 0.1) is 11.3 Å². The van der Waals surface area contributed by atoms with Gasteiger partial charge < -0.3 is 15.2 Å². The molecule has 122 valence electrons. The van der Waals surface area contributed by atoms with Gasteiger partial charge in [-0.1, -0.05) is 6.08 Å². The number of hydrogen-bond acceptors (Lipinski definition) is 5. The molecule has 0 saturated heterocycles. The number of methoxy groups -OCH3 is 1. The standard InChI is InChI=1S/C14H20N2O5S/c1-3-7-15-12-6-5-11(14(17)18)10-13(12)22(19,20)16-8-4-9-21-2/h3,5-6,10,15-16H,1,4,7-9H2,2H3,(H,17,18). The number of rotatable bonds is 10. The molecule has 0 amide bonds. The number of aromatic carboxylic acids is 1. The molecule has 8 heteroatoms. The largest absolute Gasteiger partial charge is 0.478 e. The van der Waals surface area contributed by atoms with Crippen LogP contribution in [0, 0.1) is 0 Å². The Morgan fingerprint density at radius 3 is 2.77 bits per heavy atom. The Kier molecular flexibility index (Phi) is 7.03. The van der Waals surface area contributed by atoms with Crippen molar-refractivity contribution in [2.45, 2.75) is 11.3 Å². The van der Waals surface area contributed by atoms with Crippen molar-refractivity contribution in [1.82, 2.24) is 4.72 Å². The van der Waals surface area contributed by atoms with Gasteiger partial charge in [-0.05, 0) is 24.6 Å². The molecule has 0 aliphatic heterocycles. The number of anilines is 1. The molecule has 0 saturated carbocycles. The fraction of sp³-hybridized carbons (Fsp3) is 0.357. The van der Waals surface area contributed by atoms with Crippen molar-refractivity contribution < 1.29 is 23.1 Å². The zero-order valence-electron chi connectivity index (χ0n) is 12.3. The zero-order chi connectivity index (χ0) is 16.6. The average molecular weight is 328 g/mol. The van der Waals surface area contributed by atoms with E-state index in [2.05, 4.69) is 16.6 Å². The molecule has 0 unspecified atom stereocenters. The van der Waals surface area contributed by atoms with E-state index in [0.717, 1.165) is 6.07 Å². The van der Waals surface area contributed by atoms with E-state index in [1.807, 2.05) is 0 Å². The molecule has 0 bridgehead atoms. The van der Waals surface area contributed by atoms with Crippen LogP contribution < -0.4 is 10.0 Å². The molecule has 0 heterocycles. The van der Waals surface area contributed by atoms with Crippen molar-refractivity contribution in [3.63, 3.8) is 0 Å². The van der Waals surface area contributed by atoms with Crippen LogP contribution in [0.2, 0.25) is 0 Å². The highest BCUT2D eigenvalue weighted by Gasteiger charge is 2.20. The van der Waals surface area contributed by atoms with Crippen molar-refractivity contribution in [2.75, 3.05) is 32.1 Å². The molecule has 1 aromatic carbocycles. The highest BCUT2D eigenvalue weighted by molar-refractivity contribution is 7.89. The first-order valence-corrected chi connectivity index (χ1v) is 8.11. The minimum absolute atomic E-state index is 0.0959. The number of nitrogens with one attached hydrogen (secondary N) is 2. The lowest BCUT2D eigenvalue weighted by atomic mass is 10.2. The van der Waals surface area contributed by atoms with E-state index in [0.29, 0.717) is 25.3 Å². The van der Waals surface area contributed by atoms with E-state index in [9.17, 15) is 13.2 Å². The molecule has 7 nitrogen and oxygen atoms in total. The second kappa shape index (κ2) is 8.52. The summed E-state index contributed by atoms with van der Waals surface area (Å²) in [6.45, 7) is 4.54. The Bertz CT molecular complexity index is 628. The molecule has 0 aliphatic carbocycles. The van der Waals surface area contributed by atoms with Gasteiger partial charge in [0, 0.05) is 26.8 Å². The van der Waals surface area contributed by atoms with Gasteiger partial charge in [-0.3, -0.25) is 0 Å². The van der Waals surface area contributed by atoms with Crippen molar-refractivity contribution >= 4 is 21.7 Å². The second-order valence-electron chi connectivity index (χ2n) is 4.43. The average Bonchev–Trinajstić information content (AvgIpc) is 2.49. The summed E-state index contributed by atoms with van der Waals surface area (Å²) in [7, 11) is -2.29. The van der Waals surface area contributed by atoms with Gasteiger partial charge in [0.2, 0.25) is 10.0 Å². The normalized spacial score (nSPS) is 11.1. The fourth-order valence-electron chi connectivity index (χ4n) is 1.71. The molecule has 0 spiro atoms. The molecular weight excluding hydrogens is 308 g/mol. The first kappa shape index (κ1) is 18.1. The summed E-state index contributed by atoms with van der Waals surface area (Å²) in [4.78, 5) is 10.9. The number of ether oxygens (including phenoxy) is 1. The Hall–Kier alpha value is -1.90. The third-order valence-corrected chi connectivity index (χ3v) is 4.27. The van der Waals surface area contributed by atoms with E-state index in [1.54, 1.807) is 6.08 Å². The summed E-state index contributed by atoms with van der Waals surface area (Å²) in [6, 6.07) is 3.90. The number of carboxylic acids is 1. The number of carboxylic acid groups (broad SMARTS) is 1. The topological polar surface area (TPSA) is 105 Å². The summed E-state index contributed by atoms with van der Waals surface area (Å²) in [5.74, 6) is -1.19. The number of hydrogen-bond donors (Lipinski definition) is 3. The van der Waals surface area contributed by atoms with Crippen LogP contribution in [0.5, 0.6) is 0 Å². The molecule has 0 aromatic heterocycles. The fourth-order valence-corrected chi connectivity index (χ4v) is 2.99. The molecule has 1 rings (SSSR count). The zero-order valence-corrected chi connectivity index (χ0v) is 13.1. The summed E-state index contributed by atoms with van der Waals surface area (Å²) < 4.78 is 32.0. The predicted octanol–water partition coefficient (Wildman–Crippen LogP) is 1.30. The first-order valence-electron chi connectivity index (χ1n) is 6.63. The maximum atomic E-state index is 12.3. The minimum Gasteiger partial charge on any atom is -0.478 e. The van der Waals surface area contributed by atoms with E-state index < -0.39 is 16.0 Å². The molecule has 0 fully saturated rings. The van der Waals surface area contributed by atoms with E-state index >= 15 is 0 Å². The Balaban J connectivity index is 3.07. The smallest absolute Gasteiger partial charge is 0.335 e. The van der Waals surface area contributed by atoms with Crippen LogP contribution in [0.25, 0.3) is 0 Å². The maximum absolute atomic E-state index is 12.3. The van der Waals surface area contributed by atoms with Crippen molar-refractivity contribution in [1.29, 1.82) is 0 Å². The Morgan fingerprint density at radius 1 is 1.45 bits per heavy atom. The SMILES string of the molecule is C=CCNc1ccc(C(=O)O)cc1S(=O)(=O)NCCCOC. The van der Waals surface area contributed by atoms with Crippen LogP contribution in [0.1, 0.15) is 16.8 Å². The molecular formula is C14H20N2O5S. The Morgan fingerprint density at radius 2 is 2.18 bits per heavy atom. The molecule has 3 N–H and O–H groups in total. The van der Waals surface area contributed by atoms with E-state index in [-0.39, 0.29) is 17.0 Å². The number of benzene rings is 1. The highest BCUT2D eigenvalue weighted by atomic mass is 32.2. The lowest BCUT2D eigenvalue weighted by molar-refractivity contribution is 0.0696. The van der Waals surface area contributed by atoms with Crippen LogP contribution in [-0.2, 0) is 14.8 Å². The van der Waals surface area contributed by atoms with Crippen LogP contribution >= 0.6 is 0 Å². The van der Waals surface area contributed by atoms with Crippen LogP contribution in [0.3, 0.4) is 0 Å². The van der Waals surface area contributed by atoms with Crippen molar-refractivity contribution in [2.24, 2.45) is 0 Å². The molecule has 0 radical (unpaired) electrons. The number of carbonyl (C=O) groups is 1. The second-order valence-corrected chi connectivity index (χ2v) is 6.17. The van der Waals surface area contributed by atoms with Crippen LogP contribution in [-0.4, -0.2) is 46.3 Å². The highest BCUT2D eigenvalue weighted by Crippen LogP contribution is 2.23. The third-order valence-electron chi connectivity index (χ3n) is 2.77. The lowest BCUT2D eigenvalue weighted by Gasteiger charge is -2.13. The van der Waals surface area contributed by atoms with E-state index in [1.165, 1.54) is 19.2 Å². The van der Waals surface area contributed by atoms with Crippen LogP contribution in [0.15, 0.2) is 35.7 Å². The van der Waals surface area contributed by atoms with Gasteiger partial charge >= 0.3 is 5.97 Å². The number of sulfonamides is 1. The molecule has 0 atom stereocenters. The maximum Gasteiger partial charge on any atom is 0.335 e. The van der Waals surface area contributed by atoms with Gasteiger partial charge in [-0.15, -0.1) is 6.58 Å². The monoisotopic (exact) mass is 328 g/mol. The van der Waals surface area contributed by atoms with Crippen molar-refractivity contribution in [3.05, 3.63) is 36.4 Å². The Labute approximate surface area is 130 Å². The predicted molar refractivity (Wildman–Crippen MR) is 83.8 cm³/mol. The van der Waals surface area contributed by atoms with Gasteiger partial charge in [0.15, 0.2) is 0 Å². The third kappa shape index (κ3) is 5.14. The summed E-state index contributed by atoms with van der Waals surface area (Å²) >= 11 is 0.